The largest absolute Gasteiger partial charge is 0.394 e. The molecular formula is C62H113NO13. The Labute approximate surface area is 461 Å². The van der Waals surface area contributed by atoms with Gasteiger partial charge in [0, 0.05) is 6.42 Å². The summed E-state index contributed by atoms with van der Waals surface area (Å²) < 4.78 is 22.8. The van der Waals surface area contributed by atoms with E-state index in [1.807, 2.05) is 6.08 Å². The van der Waals surface area contributed by atoms with Crippen LogP contribution in [0.3, 0.4) is 0 Å². The maximum atomic E-state index is 13.3. The van der Waals surface area contributed by atoms with Crippen LogP contribution in [0.1, 0.15) is 245 Å². The number of aliphatic hydroxyl groups excluding tert-OH is 8. The molecule has 0 radical (unpaired) electrons. The standard InChI is InChI=1S/C62H113NO13/c1-3-5-7-9-11-13-15-17-19-21-23-24-25-26-28-30-32-34-36-38-40-42-44-46-54(67)63-50(51(66)45-43-41-39-37-35-33-31-29-27-22-20-18-16-14-12-10-8-6-4-2)49-73-61-59(72)57(70)60(53(48-65)75-61)76-62-58(71)56(69)55(68)52(47-64)74-62/h15,17,21,23,35,37,43,45,50-53,55-62,64-66,68-72H,3-14,16,18-20,22,24-34,36,38-42,44,46-49H2,1-2H3,(H,63,67)/b17-15-,23-21-,37-35+,45-43+. The average Bonchev–Trinajstić information content (AvgIpc) is 3.42. The number of ether oxygens (including phenoxy) is 4. The van der Waals surface area contributed by atoms with Gasteiger partial charge in [0.05, 0.1) is 32.0 Å². The van der Waals surface area contributed by atoms with Crippen LogP contribution in [-0.4, -0.2) is 140 Å². The van der Waals surface area contributed by atoms with E-state index in [0.717, 1.165) is 38.5 Å². The van der Waals surface area contributed by atoms with Gasteiger partial charge >= 0.3 is 0 Å². The lowest BCUT2D eigenvalue weighted by Crippen LogP contribution is -2.65. The maximum Gasteiger partial charge on any atom is 0.220 e. The van der Waals surface area contributed by atoms with E-state index in [1.165, 1.54) is 173 Å². The second-order valence-electron chi connectivity index (χ2n) is 21.8. The topological polar surface area (TPSA) is 228 Å². The predicted molar refractivity (Wildman–Crippen MR) is 304 cm³/mol. The third-order valence-electron chi connectivity index (χ3n) is 15.0. The fourth-order valence-electron chi connectivity index (χ4n) is 9.99. The van der Waals surface area contributed by atoms with Gasteiger partial charge in [-0.05, 0) is 64.2 Å². The fourth-order valence-corrected chi connectivity index (χ4v) is 9.99. The molecule has 0 aromatic heterocycles. The Morgan fingerprint density at radius 3 is 1.37 bits per heavy atom. The number of carbonyl (C=O) groups excluding carboxylic acids is 1. The lowest BCUT2D eigenvalue weighted by molar-refractivity contribution is -0.359. The zero-order chi connectivity index (χ0) is 55.3. The number of amides is 1. The van der Waals surface area contributed by atoms with Crippen LogP contribution in [-0.2, 0) is 23.7 Å². The van der Waals surface area contributed by atoms with Crippen molar-refractivity contribution in [2.24, 2.45) is 0 Å². The maximum absolute atomic E-state index is 13.3. The molecule has 14 heteroatoms. The van der Waals surface area contributed by atoms with Crippen LogP contribution in [0.15, 0.2) is 48.6 Å². The highest BCUT2D eigenvalue weighted by Gasteiger charge is 2.51. The second-order valence-corrected chi connectivity index (χ2v) is 21.8. The van der Waals surface area contributed by atoms with E-state index in [1.54, 1.807) is 6.08 Å². The van der Waals surface area contributed by atoms with Gasteiger partial charge in [0.1, 0.15) is 48.8 Å². The van der Waals surface area contributed by atoms with E-state index in [4.69, 9.17) is 18.9 Å². The Hall–Kier alpha value is -2.05. The summed E-state index contributed by atoms with van der Waals surface area (Å²) in [4.78, 5) is 13.3. The Kier molecular flexibility index (Phi) is 44.0. The van der Waals surface area contributed by atoms with E-state index < -0.39 is 86.8 Å². The molecule has 0 spiro atoms. The smallest absolute Gasteiger partial charge is 0.220 e. The number of hydrogen-bond donors (Lipinski definition) is 9. The van der Waals surface area contributed by atoms with Gasteiger partial charge in [-0.15, -0.1) is 0 Å². The van der Waals surface area contributed by atoms with Gasteiger partial charge in [-0.3, -0.25) is 4.79 Å². The van der Waals surface area contributed by atoms with Crippen LogP contribution >= 0.6 is 0 Å². The summed E-state index contributed by atoms with van der Waals surface area (Å²) in [7, 11) is 0. The molecule has 1 amide bonds. The molecule has 0 aromatic carbocycles. The van der Waals surface area contributed by atoms with Gasteiger partial charge in [-0.25, -0.2) is 0 Å². The van der Waals surface area contributed by atoms with Gasteiger partial charge in [-0.2, -0.15) is 0 Å². The molecule has 2 aliphatic rings. The minimum atomic E-state index is -1.79. The Morgan fingerprint density at radius 2 is 0.882 bits per heavy atom. The van der Waals surface area contributed by atoms with E-state index in [0.29, 0.717) is 12.8 Å². The molecule has 0 aliphatic carbocycles. The molecule has 2 aliphatic heterocycles. The molecule has 444 valence electrons. The van der Waals surface area contributed by atoms with Crippen molar-refractivity contribution in [2.75, 3.05) is 19.8 Å². The highest BCUT2D eigenvalue weighted by Crippen LogP contribution is 2.30. The zero-order valence-electron chi connectivity index (χ0n) is 47.7. The highest BCUT2D eigenvalue weighted by atomic mass is 16.7. The lowest BCUT2D eigenvalue weighted by atomic mass is 9.97. The minimum Gasteiger partial charge on any atom is -0.394 e. The molecular weight excluding hydrogens is 967 g/mol. The highest BCUT2D eigenvalue weighted by molar-refractivity contribution is 5.76. The zero-order valence-corrected chi connectivity index (χ0v) is 47.7. The number of rotatable bonds is 49. The number of hydrogen-bond acceptors (Lipinski definition) is 13. The molecule has 2 saturated heterocycles. The van der Waals surface area contributed by atoms with E-state index >= 15 is 0 Å². The molecule has 9 N–H and O–H groups in total. The van der Waals surface area contributed by atoms with Gasteiger partial charge in [0.25, 0.3) is 0 Å². The van der Waals surface area contributed by atoms with Crippen LogP contribution in [0.4, 0.5) is 0 Å². The molecule has 12 unspecified atom stereocenters. The molecule has 2 fully saturated rings. The van der Waals surface area contributed by atoms with Crippen LogP contribution in [0, 0.1) is 0 Å². The normalized spacial score (nSPS) is 25.2. The number of carbonyl (C=O) groups is 1. The first-order valence-electron chi connectivity index (χ1n) is 30.9. The summed E-state index contributed by atoms with van der Waals surface area (Å²) in [6.45, 7) is 2.78. The quantitative estimate of drug-likeness (QED) is 0.0204. The summed E-state index contributed by atoms with van der Waals surface area (Å²) in [5.41, 5.74) is 0. The summed E-state index contributed by atoms with van der Waals surface area (Å²) >= 11 is 0. The summed E-state index contributed by atoms with van der Waals surface area (Å²) in [5.74, 6) is -0.251. The first-order valence-corrected chi connectivity index (χ1v) is 30.9. The molecule has 12 atom stereocenters. The number of allylic oxidation sites excluding steroid dienone is 7. The van der Waals surface area contributed by atoms with Crippen LogP contribution in [0.5, 0.6) is 0 Å². The van der Waals surface area contributed by atoms with Gasteiger partial charge in [0.2, 0.25) is 5.91 Å². The molecule has 14 nitrogen and oxygen atoms in total. The van der Waals surface area contributed by atoms with E-state index in [9.17, 15) is 45.6 Å². The molecule has 2 heterocycles. The molecule has 0 saturated carbocycles. The van der Waals surface area contributed by atoms with Crippen LogP contribution in [0.25, 0.3) is 0 Å². The number of aliphatic hydroxyl groups is 8. The van der Waals surface area contributed by atoms with Crippen LogP contribution < -0.4 is 5.32 Å². The summed E-state index contributed by atoms with van der Waals surface area (Å²) in [5, 5.41) is 87.1. The SMILES string of the molecule is CCCCCCC/C=C\C/C=C\CCCCCCCCCCCCCC(=O)NC(COC1OC(CO)C(OC2OC(CO)C(O)C(O)C2O)C(O)C1O)C(O)/C=C/CC/C=C/CCCCCCCCCCCCCCC. The Morgan fingerprint density at radius 1 is 0.474 bits per heavy atom. The third-order valence-corrected chi connectivity index (χ3v) is 15.0. The molecule has 0 aromatic rings. The monoisotopic (exact) mass is 1080 g/mol. The second kappa shape index (κ2) is 47.7. The third kappa shape index (κ3) is 32.9. The average molecular weight is 1080 g/mol. The molecule has 76 heavy (non-hydrogen) atoms. The minimum absolute atomic E-state index is 0.251. The molecule has 0 bridgehead atoms. The fraction of sp³-hybridized carbons (Fsp3) is 0.855. The predicted octanol–water partition coefficient (Wildman–Crippen LogP) is 10.8. The van der Waals surface area contributed by atoms with Crippen molar-refractivity contribution >= 4 is 5.91 Å². The van der Waals surface area contributed by atoms with Gasteiger partial charge < -0.3 is 65.1 Å². The van der Waals surface area contributed by atoms with Crippen molar-refractivity contribution in [2.45, 2.75) is 319 Å². The van der Waals surface area contributed by atoms with Crippen molar-refractivity contribution in [3.05, 3.63) is 48.6 Å². The first kappa shape index (κ1) is 70.1. The molecule has 2 rings (SSSR count). The van der Waals surface area contributed by atoms with Crippen LogP contribution in [0.2, 0.25) is 0 Å². The number of unbranched alkanes of at least 4 members (excludes halogenated alkanes) is 30. The van der Waals surface area contributed by atoms with E-state index in [2.05, 4.69) is 55.6 Å². The summed E-state index contributed by atoms with van der Waals surface area (Å²) in [6.07, 6.45) is 42.9. The lowest BCUT2D eigenvalue weighted by Gasteiger charge is -2.46. The van der Waals surface area contributed by atoms with E-state index in [-0.39, 0.29) is 18.9 Å². The first-order chi connectivity index (χ1) is 37.1. The van der Waals surface area contributed by atoms with Gasteiger partial charge in [0.15, 0.2) is 12.6 Å². The van der Waals surface area contributed by atoms with Crippen molar-refractivity contribution in [3.8, 4) is 0 Å². The Balaban J connectivity index is 1.77. The number of nitrogens with one attached hydrogen (secondary N) is 1. The van der Waals surface area contributed by atoms with Crippen molar-refractivity contribution < 1.29 is 64.6 Å². The van der Waals surface area contributed by atoms with Gasteiger partial charge in [-0.1, -0.05) is 223 Å². The Bertz CT molecular complexity index is 1460. The summed E-state index contributed by atoms with van der Waals surface area (Å²) in [6, 6.07) is -0.933. The van der Waals surface area contributed by atoms with Crippen molar-refractivity contribution in [1.29, 1.82) is 0 Å². The van der Waals surface area contributed by atoms with Crippen molar-refractivity contribution in [3.63, 3.8) is 0 Å². The van der Waals surface area contributed by atoms with Crippen molar-refractivity contribution in [1.82, 2.24) is 5.32 Å².